The molecule has 0 atom stereocenters. The molecule has 4 N–H and O–H groups in total. The van der Waals surface area contributed by atoms with Gasteiger partial charge in [-0.25, -0.2) is 4.39 Å². The van der Waals surface area contributed by atoms with Crippen LogP contribution in [0.25, 0.3) is 0 Å². The highest BCUT2D eigenvalue weighted by Gasteiger charge is 2.35. The summed E-state index contributed by atoms with van der Waals surface area (Å²) in [5.41, 5.74) is 10.2. The molecule has 0 radical (unpaired) electrons. The molecular weight excluding hydrogens is 240 g/mol. The molecule has 1 rings (SSSR count). The first-order chi connectivity index (χ1) is 7.77. The van der Waals surface area contributed by atoms with Crippen molar-refractivity contribution in [1.82, 2.24) is 0 Å². The number of hydrogen-bond donors (Lipinski definition) is 2. The highest BCUT2D eigenvalue weighted by Crippen LogP contribution is 2.11. The highest BCUT2D eigenvalue weighted by atomic mass is 19.4. The van der Waals surface area contributed by atoms with Crippen molar-refractivity contribution in [3.8, 4) is 0 Å². The number of benzene rings is 1. The summed E-state index contributed by atoms with van der Waals surface area (Å²) in [7, 11) is 0. The molecule has 17 heavy (non-hydrogen) atoms. The van der Waals surface area contributed by atoms with Crippen molar-refractivity contribution in [3.63, 3.8) is 0 Å². The lowest BCUT2D eigenvalue weighted by Gasteiger charge is -1.95. The van der Waals surface area contributed by atoms with Gasteiger partial charge in [-0.3, -0.25) is 4.79 Å². The number of rotatable bonds is 2. The molecule has 0 spiro atoms. The van der Waals surface area contributed by atoms with Gasteiger partial charge in [0.05, 0.1) is 0 Å². The lowest BCUT2D eigenvalue weighted by molar-refractivity contribution is -0.169. The molecule has 0 aliphatic rings. The summed E-state index contributed by atoms with van der Waals surface area (Å²) in [6, 6.07) is 6.40. The molecule has 0 saturated carbocycles. The Morgan fingerprint density at radius 3 is 1.88 bits per heavy atom. The fraction of sp³-hybridized carbons (Fsp3) is 0.300. The molecule has 0 heterocycles. The Labute approximate surface area is 95.4 Å². The number of amides is 1. The van der Waals surface area contributed by atoms with E-state index < -0.39 is 12.1 Å². The smallest absolute Gasteiger partial charge is 0.362 e. The van der Waals surface area contributed by atoms with Crippen LogP contribution < -0.4 is 11.5 Å². The van der Waals surface area contributed by atoms with E-state index in [1.54, 1.807) is 12.1 Å². The van der Waals surface area contributed by atoms with Crippen LogP contribution >= 0.6 is 0 Å². The standard InChI is InChI=1S/C8H10FN.C2H2F3NO/c9-8-3-1-7(2-4-8)5-6-10;3-2(4,5)1(6)7/h1-4H,5-6,10H2;(H2,6,7). The van der Waals surface area contributed by atoms with Crippen LogP contribution in [-0.4, -0.2) is 18.6 Å². The molecule has 3 nitrogen and oxygen atoms in total. The summed E-state index contributed by atoms with van der Waals surface area (Å²) in [6.45, 7) is 0.617. The van der Waals surface area contributed by atoms with Gasteiger partial charge in [-0.2, -0.15) is 13.2 Å². The van der Waals surface area contributed by atoms with Crippen LogP contribution in [0.5, 0.6) is 0 Å². The minimum absolute atomic E-state index is 0.194. The van der Waals surface area contributed by atoms with Gasteiger partial charge in [-0.1, -0.05) is 12.1 Å². The SMILES string of the molecule is NC(=O)C(F)(F)F.NCCc1ccc(F)cc1. The molecule has 7 heteroatoms. The fourth-order valence-corrected chi connectivity index (χ4v) is 0.818. The average Bonchev–Trinajstić information content (AvgIpc) is 2.21. The van der Waals surface area contributed by atoms with Gasteiger partial charge in [0.2, 0.25) is 0 Å². The van der Waals surface area contributed by atoms with Gasteiger partial charge >= 0.3 is 12.1 Å². The molecule has 0 aromatic heterocycles. The third kappa shape index (κ3) is 7.29. The summed E-state index contributed by atoms with van der Waals surface area (Å²) in [6.07, 6.45) is -4.04. The van der Waals surface area contributed by atoms with Crippen molar-refractivity contribution < 1.29 is 22.4 Å². The van der Waals surface area contributed by atoms with Crippen molar-refractivity contribution in [3.05, 3.63) is 35.6 Å². The number of carbonyl (C=O) groups excluding carboxylic acids is 1. The minimum Gasteiger partial charge on any atom is -0.362 e. The van der Waals surface area contributed by atoms with Crippen LogP contribution in [0.1, 0.15) is 5.56 Å². The summed E-state index contributed by atoms with van der Waals surface area (Å²) < 4.78 is 44.4. The number of alkyl halides is 3. The maximum Gasteiger partial charge on any atom is 0.470 e. The number of halogens is 4. The van der Waals surface area contributed by atoms with Gasteiger partial charge in [0.25, 0.3) is 0 Å². The molecule has 0 fully saturated rings. The third-order valence-electron chi connectivity index (χ3n) is 1.63. The Balaban J connectivity index is 0.000000325. The normalized spacial score (nSPS) is 10.4. The van der Waals surface area contributed by atoms with E-state index in [4.69, 9.17) is 10.5 Å². The van der Waals surface area contributed by atoms with Crippen LogP contribution in [0, 0.1) is 5.82 Å². The summed E-state index contributed by atoms with van der Waals surface area (Å²) >= 11 is 0. The molecule has 1 aromatic carbocycles. The highest BCUT2D eigenvalue weighted by molar-refractivity contribution is 5.79. The van der Waals surface area contributed by atoms with Gasteiger partial charge in [-0.05, 0) is 30.7 Å². The van der Waals surface area contributed by atoms with E-state index in [0.29, 0.717) is 6.54 Å². The fourth-order valence-electron chi connectivity index (χ4n) is 0.818. The molecule has 0 unspecified atom stereocenters. The lowest BCUT2D eigenvalue weighted by atomic mass is 10.1. The number of nitrogens with two attached hydrogens (primary N) is 2. The third-order valence-corrected chi connectivity index (χ3v) is 1.63. The molecule has 1 aromatic rings. The van der Waals surface area contributed by atoms with Gasteiger partial charge in [0, 0.05) is 0 Å². The first kappa shape index (κ1) is 15.4. The van der Waals surface area contributed by atoms with Crippen LogP contribution in [0.2, 0.25) is 0 Å². The first-order valence-electron chi connectivity index (χ1n) is 4.58. The van der Waals surface area contributed by atoms with E-state index in [1.165, 1.54) is 12.1 Å². The zero-order valence-corrected chi connectivity index (χ0v) is 8.80. The van der Waals surface area contributed by atoms with Gasteiger partial charge in [0.1, 0.15) is 5.82 Å². The molecule has 0 bridgehead atoms. The second kappa shape index (κ2) is 6.85. The van der Waals surface area contributed by atoms with Crippen molar-refractivity contribution >= 4 is 5.91 Å². The maximum absolute atomic E-state index is 12.3. The number of carbonyl (C=O) groups is 1. The van der Waals surface area contributed by atoms with E-state index in [0.717, 1.165) is 12.0 Å². The van der Waals surface area contributed by atoms with Crippen molar-refractivity contribution in [1.29, 1.82) is 0 Å². The Hall–Kier alpha value is -1.63. The van der Waals surface area contributed by atoms with Gasteiger partial charge in [0.15, 0.2) is 0 Å². The monoisotopic (exact) mass is 252 g/mol. The van der Waals surface area contributed by atoms with Crippen LogP contribution in [0.3, 0.4) is 0 Å². The van der Waals surface area contributed by atoms with Crippen molar-refractivity contribution in [2.45, 2.75) is 12.6 Å². The maximum atomic E-state index is 12.3. The Morgan fingerprint density at radius 2 is 1.59 bits per heavy atom. The zero-order chi connectivity index (χ0) is 13.5. The molecule has 1 amide bonds. The molecule has 96 valence electrons. The summed E-state index contributed by atoms with van der Waals surface area (Å²) in [5.74, 6) is -2.45. The minimum atomic E-state index is -4.86. The van der Waals surface area contributed by atoms with E-state index in [9.17, 15) is 17.6 Å². The Kier molecular flexibility index (Phi) is 6.19. The van der Waals surface area contributed by atoms with Crippen molar-refractivity contribution in [2.75, 3.05) is 6.54 Å². The van der Waals surface area contributed by atoms with E-state index in [2.05, 4.69) is 5.73 Å². The quantitative estimate of drug-likeness (QED) is 0.780. The largest absolute Gasteiger partial charge is 0.470 e. The zero-order valence-electron chi connectivity index (χ0n) is 8.80. The molecule has 0 aliphatic heterocycles. The molecular formula is C10H12F4N2O. The van der Waals surface area contributed by atoms with Crippen LogP contribution in [0.4, 0.5) is 17.6 Å². The topological polar surface area (TPSA) is 69.1 Å². The molecule has 0 aliphatic carbocycles. The van der Waals surface area contributed by atoms with Gasteiger partial charge < -0.3 is 11.5 Å². The Bertz CT molecular complexity index is 348. The first-order valence-corrected chi connectivity index (χ1v) is 4.58. The van der Waals surface area contributed by atoms with E-state index in [-0.39, 0.29) is 5.82 Å². The van der Waals surface area contributed by atoms with E-state index >= 15 is 0 Å². The average molecular weight is 252 g/mol. The lowest BCUT2D eigenvalue weighted by Crippen LogP contribution is -2.30. The predicted molar refractivity (Wildman–Crippen MR) is 54.4 cm³/mol. The predicted octanol–water partition coefficient (Wildman–Crippen LogP) is 1.36. The summed E-state index contributed by atoms with van der Waals surface area (Å²) in [5, 5.41) is 0. The van der Waals surface area contributed by atoms with Crippen molar-refractivity contribution in [2.24, 2.45) is 11.5 Å². The number of primary amides is 1. The van der Waals surface area contributed by atoms with Crippen LogP contribution in [0.15, 0.2) is 24.3 Å². The van der Waals surface area contributed by atoms with Gasteiger partial charge in [-0.15, -0.1) is 0 Å². The second-order valence-electron chi connectivity index (χ2n) is 3.03. The number of hydrogen-bond acceptors (Lipinski definition) is 2. The van der Waals surface area contributed by atoms with E-state index in [1.807, 2.05) is 0 Å². The Morgan fingerprint density at radius 1 is 1.18 bits per heavy atom. The second-order valence-corrected chi connectivity index (χ2v) is 3.03. The van der Waals surface area contributed by atoms with Crippen LogP contribution in [-0.2, 0) is 11.2 Å². The molecule has 0 saturated heterocycles. The summed E-state index contributed by atoms with van der Waals surface area (Å²) in [4.78, 5) is 9.12.